The first kappa shape index (κ1) is 13.3. The van der Waals surface area contributed by atoms with E-state index in [-0.39, 0.29) is 5.92 Å². The monoisotopic (exact) mass is 258 g/mol. The van der Waals surface area contributed by atoms with Crippen molar-refractivity contribution < 1.29 is 9.90 Å². The molecular formula is C15H18N2O2. The van der Waals surface area contributed by atoms with Gasteiger partial charge in [-0.25, -0.2) is 4.98 Å². The molecule has 100 valence electrons. The molecule has 1 unspecified atom stereocenters. The molecule has 0 aliphatic rings. The van der Waals surface area contributed by atoms with Crippen LogP contribution in [0.4, 0.5) is 0 Å². The molecule has 0 saturated heterocycles. The number of aromatic nitrogens is 2. The second-order valence-electron chi connectivity index (χ2n) is 4.67. The van der Waals surface area contributed by atoms with Crippen LogP contribution in [0.3, 0.4) is 0 Å². The summed E-state index contributed by atoms with van der Waals surface area (Å²) in [6, 6.07) is 7.92. The van der Waals surface area contributed by atoms with E-state index >= 15 is 0 Å². The van der Waals surface area contributed by atoms with Crippen LogP contribution in [0.15, 0.2) is 36.8 Å². The summed E-state index contributed by atoms with van der Waals surface area (Å²) in [6.45, 7) is 4.64. The fourth-order valence-corrected chi connectivity index (χ4v) is 2.16. The van der Waals surface area contributed by atoms with Gasteiger partial charge in [-0.15, -0.1) is 0 Å². The molecule has 0 bridgehead atoms. The van der Waals surface area contributed by atoms with Gasteiger partial charge in [-0.1, -0.05) is 31.2 Å². The molecule has 0 saturated carbocycles. The minimum atomic E-state index is -0.765. The quantitative estimate of drug-likeness (QED) is 0.897. The Kier molecular flexibility index (Phi) is 4.00. The maximum atomic E-state index is 11.0. The number of hydrogen-bond donors (Lipinski definition) is 1. The lowest BCUT2D eigenvalue weighted by molar-refractivity contribution is -0.141. The number of hydrogen-bond acceptors (Lipinski definition) is 2. The van der Waals surface area contributed by atoms with Crippen LogP contribution in [-0.2, 0) is 17.8 Å². The number of aryl methyl sites for hydroxylation is 1. The van der Waals surface area contributed by atoms with Gasteiger partial charge in [-0.3, -0.25) is 4.79 Å². The van der Waals surface area contributed by atoms with Crippen LogP contribution in [0, 0.1) is 5.92 Å². The first-order valence-corrected chi connectivity index (χ1v) is 6.44. The number of benzene rings is 1. The van der Waals surface area contributed by atoms with Crippen LogP contribution < -0.4 is 0 Å². The van der Waals surface area contributed by atoms with Gasteiger partial charge >= 0.3 is 5.97 Å². The predicted molar refractivity (Wildman–Crippen MR) is 73.8 cm³/mol. The van der Waals surface area contributed by atoms with E-state index < -0.39 is 5.97 Å². The van der Waals surface area contributed by atoms with E-state index in [0.717, 1.165) is 23.4 Å². The molecule has 4 nitrogen and oxygen atoms in total. The average Bonchev–Trinajstić information content (AvgIpc) is 2.87. The van der Waals surface area contributed by atoms with Gasteiger partial charge in [0.15, 0.2) is 0 Å². The zero-order chi connectivity index (χ0) is 13.8. The highest BCUT2D eigenvalue weighted by atomic mass is 16.4. The summed E-state index contributed by atoms with van der Waals surface area (Å²) >= 11 is 0. The Hall–Kier alpha value is -2.10. The van der Waals surface area contributed by atoms with Crippen molar-refractivity contribution in [2.75, 3.05) is 0 Å². The molecule has 1 atom stereocenters. The van der Waals surface area contributed by atoms with Crippen LogP contribution in [0.25, 0.3) is 11.3 Å². The van der Waals surface area contributed by atoms with Crippen LogP contribution in [0.1, 0.15) is 19.4 Å². The van der Waals surface area contributed by atoms with Crippen molar-refractivity contribution >= 4 is 5.97 Å². The number of carboxylic acid groups (broad SMARTS) is 1. The zero-order valence-corrected chi connectivity index (χ0v) is 11.2. The summed E-state index contributed by atoms with van der Waals surface area (Å²) in [5.74, 6) is -1.15. The molecule has 1 aromatic heterocycles. The average molecular weight is 258 g/mol. The van der Waals surface area contributed by atoms with Crippen molar-refractivity contribution in [1.82, 2.24) is 9.55 Å². The molecule has 0 spiro atoms. The highest BCUT2D eigenvalue weighted by Crippen LogP contribution is 2.25. The van der Waals surface area contributed by atoms with Crippen LogP contribution in [0.2, 0.25) is 0 Å². The molecule has 19 heavy (non-hydrogen) atoms. The van der Waals surface area contributed by atoms with Crippen LogP contribution in [0.5, 0.6) is 0 Å². The van der Waals surface area contributed by atoms with E-state index in [0.29, 0.717) is 6.42 Å². The Morgan fingerprint density at radius 1 is 1.42 bits per heavy atom. The summed E-state index contributed by atoms with van der Waals surface area (Å²) in [5.41, 5.74) is 3.15. The Labute approximate surface area is 112 Å². The molecule has 2 rings (SSSR count). The molecular weight excluding hydrogens is 240 g/mol. The lowest BCUT2D eigenvalue weighted by atomic mass is 9.95. The Bertz CT molecular complexity index is 575. The molecule has 0 amide bonds. The van der Waals surface area contributed by atoms with Gasteiger partial charge in [0.2, 0.25) is 0 Å². The van der Waals surface area contributed by atoms with Crippen molar-refractivity contribution in [3.63, 3.8) is 0 Å². The molecule has 1 aromatic carbocycles. The molecule has 1 N–H and O–H groups in total. The van der Waals surface area contributed by atoms with E-state index in [1.165, 1.54) is 0 Å². The fraction of sp³-hybridized carbons (Fsp3) is 0.333. The van der Waals surface area contributed by atoms with E-state index in [4.69, 9.17) is 5.11 Å². The molecule has 0 aliphatic carbocycles. The third-order valence-electron chi connectivity index (χ3n) is 3.29. The molecule has 1 heterocycles. The van der Waals surface area contributed by atoms with Gasteiger partial charge in [-0.05, 0) is 18.9 Å². The molecule has 2 aromatic rings. The second kappa shape index (κ2) is 5.69. The number of rotatable bonds is 5. The van der Waals surface area contributed by atoms with Gasteiger partial charge < -0.3 is 9.67 Å². The third kappa shape index (κ3) is 2.84. The number of nitrogens with zero attached hydrogens (tertiary/aromatic N) is 2. The maximum absolute atomic E-state index is 11.0. The topological polar surface area (TPSA) is 55.1 Å². The van der Waals surface area contributed by atoms with Gasteiger partial charge in [0.05, 0.1) is 24.1 Å². The van der Waals surface area contributed by atoms with E-state index in [2.05, 4.69) is 16.5 Å². The summed E-state index contributed by atoms with van der Waals surface area (Å²) in [5, 5.41) is 9.05. The summed E-state index contributed by atoms with van der Waals surface area (Å²) < 4.78 is 2.06. The lowest BCUT2D eigenvalue weighted by Crippen LogP contribution is -2.13. The van der Waals surface area contributed by atoms with Crippen molar-refractivity contribution in [3.8, 4) is 11.3 Å². The fourth-order valence-electron chi connectivity index (χ4n) is 2.16. The minimum absolute atomic E-state index is 0.390. The van der Waals surface area contributed by atoms with E-state index in [1.807, 2.05) is 30.5 Å². The van der Waals surface area contributed by atoms with Crippen LogP contribution in [-0.4, -0.2) is 20.6 Å². The normalized spacial score (nSPS) is 12.3. The van der Waals surface area contributed by atoms with E-state index in [1.54, 1.807) is 13.3 Å². The maximum Gasteiger partial charge on any atom is 0.306 e. The van der Waals surface area contributed by atoms with Crippen LogP contribution >= 0.6 is 0 Å². The van der Waals surface area contributed by atoms with Gasteiger partial charge in [0, 0.05) is 12.1 Å². The minimum Gasteiger partial charge on any atom is -0.481 e. The molecule has 4 heteroatoms. The number of aliphatic carboxylic acids is 1. The Balaban J connectivity index is 2.39. The first-order chi connectivity index (χ1) is 9.13. The number of carboxylic acids is 1. The predicted octanol–water partition coefficient (Wildman–Crippen LogP) is 2.83. The molecule has 0 aliphatic heterocycles. The summed E-state index contributed by atoms with van der Waals surface area (Å²) in [6.07, 6.45) is 4.15. The summed E-state index contributed by atoms with van der Waals surface area (Å²) in [7, 11) is 0. The lowest BCUT2D eigenvalue weighted by Gasteiger charge is -2.13. The molecule has 0 fully saturated rings. The van der Waals surface area contributed by atoms with Gasteiger partial charge in [0.25, 0.3) is 0 Å². The summed E-state index contributed by atoms with van der Waals surface area (Å²) in [4.78, 5) is 15.2. The van der Waals surface area contributed by atoms with Gasteiger partial charge in [-0.2, -0.15) is 0 Å². The SMILES string of the molecule is CCn1cncc1-c1ccccc1CC(C)C(=O)O. The number of carbonyl (C=O) groups is 1. The van der Waals surface area contributed by atoms with Crippen molar-refractivity contribution in [1.29, 1.82) is 0 Å². The highest BCUT2D eigenvalue weighted by Gasteiger charge is 2.15. The third-order valence-corrected chi connectivity index (χ3v) is 3.29. The zero-order valence-electron chi connectivity index (χ0n) is 11.2. The smallest absolute Gasteiger partial charge is 0.306 e. The van der Waals surface area contributed by atoms with Gasteiger partial charge in [0.1, 0.15) is 0 Å². The molecule has 0 radical (unpaired) electrons. The highest BCUT2D eigenvalue weighted by molar-refractivity contribution is 5.71. The standard InChI is InChI=1S/C15H18N2O2/c1-3-17-10-16-9-14(17)13-7-5-4-6-12(13)8-11(2)15(18)19/h4-7,9-11H,3,8H2,1-2H3,(H,18,19). The van der Waals surface area contributed by atoms with Crippen molar-refractivity contribution in [3.05, 3.63) is 42.4 Å². The van der Waals surface area contributed by atoms with Crippen molar-refractivity contribution in [2.45, 2.75) is 26.8 Å². The Morgan fingerprint density at radius 3 is 2.84 bits per heavy atom. The number of imidazole rings is 1. The first-order valence-electron chi connectivity index (χ1n) is 6.44. The van der Waals surface area contributed by atoms with E-state index in [9.17, 15) is 4.79 Å². The largest absolute Gasteiger partial charge is 0.481 e. The Morgan fingerprint density at radius 2 is 2.16 bits per heavy atom. The van der Waals surface area contributed by atoms with Crippen molar-refractivity contribution in [2.24, 2.45) is 5.92 Å². The second-order valence-corrected chi connectivity index (χ2v) is 4.67.